The number of benzene rings is 1. The van der Waals surface area contributed by atoms with Crippen LogP contribution in [0.2, 0.25) is 0 Å². The van der Waals surface area contributed by atoms with Crippen molar-refractivity contribution in [3.8, 4) is 0 Å². The highest BCUT2D eigenvalue weighted by Crippen LogP contribution is 2.34. The summed E-state index contributed by atoms with van der Waals surface area (Å²) >= 11 is 0. The average molecular weight is 374 g/mol. The molecule has 1 heterocycles. The average Bonchev–Trinajstić information content (AvgIpc) is 3.04. The molecule has 0 aliphatic carbocycles. The Labute approximate surface area is 144 Å². The molecule has 0 amide bonds. The third kappa shape index (κ3) is 4.20. The Balaban J connectivity index is 2.52. The molecule has 0 aliphatic heterocycles. The predicted molar refractivity (Wildman–Crippen MR) is 87.3 cm³/mol. The van der Waals surface area contributed by atoms with E-state index < -0.39 is 32.2 Å². The van der Waals surface area contributed by atoms with Crippen LogP contribution in [-0.4, -0.2) is 48.8 Å². The van der Waals surface area contributed by atoms with Gasteiger partial charge in [0, 0.05) is 18.7 Å². The van der Waals surface area contributed by atoms with Crippen molar-refractivity contribution in [2.45, 2.75) is 24.3 Å². The Kier molecular flexibility index (Phi) is 5.86. The number of aromatic nitrogens is 3. The molecule has 0 fully saturated rings. The van der Waals surface area contributed by atoms with Gasteiger partial charge in [0.05, 0.1) is 33.9 Å². The lowest BCUT2D eigenvalue weighted by atomic mass is 9.90. The minimum Gasteiger partial charge on any atom is -0.384 e. The summed E-state index contributed by atoms with van der Waals surface area (Å²) in [4.78, 5) is 3.76. The van der Waals surface area contributed by atoms with Crippen molar-refractivity contribution in [2.75, 3.05) is 19.5 Å². The summed E-state index contributed by atoms with van der Waals surface area (Å²) in [6.07, 6.45) is 2.54. The topological polar surface area (TPSA) is 101 Å². The normalized spacial score (nSPS) is 17.6. The first kappa shape index (κ1) is 19.4. The van der Waals surface area contributed by atoms with Crippen LogP contribution in [0, 0.1) is 16.4 Å². The SMILES string of the molecule is COCCS(=N)(=O)[C@H](C)[C@](O)(Cn1cncn1)c1ccc(F)cc1F. The highest BCUT2D eigenvalue weighted by molar-refractivity contribution is 7.93. The molecule has 138 valence electrons. The van der Waals surface area contributed by atoms with Crippen LogP contribution in [0.15, 0.2) is 30.9 Å². The van der Waals surface area contributed by atoms with Crippen LogP contribution < -0.4 is 0 Å². The molecule has 1 unspecified atom stereocenters. The lowest BCUT2D eigenvalue weighted by Gasteiger charge is -2.35. The van der Waals surface area contributed by atoms with Crippen LogP contribution in [0.5, 0.6) is 0 Å². The third-order valence-corrected chi connectivity index (χ3v) is 6.41. The van der Waals surface area contributed by atoms with Crippen molar-refractivity contribution >= 4 is 9.73 Å². The van der Waals surface area contributed by atoms with Crippen LogP contribution in [0.25, 0.3) is 0 Å². The maximum atomic E-state index is 14.4. The molecule has 2 N–H and O–H groups in total. The van der Waals surface area contributed by atoms with Gasteiger partial charge in [-0.15, -0.1) is 0 Å². The molecule has 2 aromatic rings. The number of hydrogen-bond acceptors (Lipinski definition) is 6. The summed E-state index contributed by atoms with van der Waals surface area (Å²) in [6.45, 7) is 1.16. The van der Waals surface area contributed by atoms with Crippen molar-refractivity contribution in [1.29, 1.82) is 4.78 Å². The van der Waals surface area contributed by atoms with Gasteiger partial charge >= 0.3 is 0 Å². The fourth-order valence-electron chi connectivity index (χ4n) is 2.53. The highest BCUT2D eigenvalue weighted by atomic mass is 32.2. The fourth-order valence-corrected chi connectivity index (χ4v) is 4.13. The van der Waals surface area contributed by atoms with Crippen molar-refractivity contribution in [3.05, 3.63) is 48.1 Å². The first-order valence-electron chi connectivity index (χ1n) is 7.45. The Morgan fingerprint density at radius 1 is 1.48 bits per heavy atom. The molecule has 0 radical (unpaired) electrons. The molecule has 10 heteroatoms. The molecule has 0 bridgehead atoms. The molecule has 3 atom stereocenters. The molecule has 0 saturated heterocycles. The Morgan fingerprint density at radius 2 is 2.20 bits per heavy atom. The fraction of sp³-hybridized carbons (Fsp3) is 0.467. The summed E-state index contributed by atoms with van der Waals surface area (Å²) in [6, 6.07) is 2.72. The smallest absolute Gasteiger partial charge is 0.137 e. The molecule has 0 saturated carbocycles. The van der Waals surface area contributed by atoms with Gasteiger partial charge in [0.25, 0.3) is 0 Å². The number of aliphatic hydroxyl groups is 1. The van der Waals surface area contributed by atoms with Gasteiger partial charge < -0.3 is 9.84 Å². The maximum Gasteiger partial charge on any atom is 0.137 e. The van der Waals surface area contributed by atoms with Crippen LogP contribution in [-0.2, 0) is 26.6 Å². The largest absolute Gasteiger partial charge is 0.384 e. The molecule has 1 aromatic heterocycles. The van der Waals surface area contributed by atoms with Crippen LogP contribution in [0.4, 0.5) is 8.78 Å². The lowest BCUT2D eigenvalue weighted by molar-refractivity contribution is 0.0116. The van der Waals surface area contributed by atoms with E-state index in [1.165, 1.54) is 31.4 Å². The van der Waals surface area contributed by atoms with E-state index in [0.29, 0.717) is 6.07 Å². The van der Waals surface area contributed by atoms with E-state index in [1.807, 2.05) is 0 Å². The van der Waals surface area contributed by atoms with Crippen molar-refractivity contribution in [1.82, 2.24) is 14.8 Å². The number of nitrogens with zero attached hydrogens (tertiary/aromatic N) is 3. The van der Waals surface area contributed by atoms with E-state index in [1.54, 1.807) is 0 Å². The lowest BCUT2D eigenvalue weighted by Crippen LogP contribution is -2.47. The number of ether oxygens (including phenoxy) is 1. The van der Waals surface area contributed by atoms with E-state index in [4.69, 9.17) is 9.52 Å². The summed E-state index contributed by atoms with van der Waals surface area (Å²) in [5, 5.41) is 13.9. The summed E-state index contributed by atoms with van der Waals surface area (Å²) in [5.41, 5.74) is -2.31. The van der Waals surface area contributed by atoms with Crippen LogP contribution >= 0.6 is 0 Å². The Morgan fingerprint density at radius 3 is 2.76 bits per heavy atom. The zero-order valence-electron chi connectivity index (χ0n) is 13.9. The minimum absolute atomic E-state index is 0.0536. The summed E-state index contributed by atoms with van der Waals surface area (Å²) < 4.78 is 54.6. The van der Waals surface area contributed by atoms with E-state index in [9.17, 15) is 18.1 Å². The summed E-state index contributed by atoms with van der Waals surface area (Å²) in [7, 11) is -1.95. The number of methoxy groups -OCH3 is 1. The Bertz CT molecular complexity index is 814. The monoisotopic (exact) mass is 374 g/mol. The van der Waals surface area contributed by atoms with Gasteiger partial charge in [-0.05, 0) is 13.0 Å². The van der Waals surface area contributed by atoms with Crippen LogP contribution in [0.1, 0.15) is 12.5 Å². The Hall–Kier alpha value is -1.91. The molecule has 2 rings (SSSR count). The summed E-state index contributed by atoms with van der Waals surface area (Å²) in [5.74, 6) is -1.92. The molecular formula is C15H20F2N4O3S. The van der Waals surface area contributed by atoms with E-state index in [2.05, 4.69) is 10.1 Å². The number of hydrogen-bond donors (Lipinski definition) is 2. The van der Waals surface area contributed by atoms with E-state index in [0.717, 1.165) is 12.1 Å². The molecule has 7 nitrogen and oxygen atoms in total. The standard InChI is InChI=1S/C15H20F2N4O3S/c1-11(25(18,23)6-5-24-2)15(22,8-21-10-19-9-20-21)13-4-3-12(16)7-14(13)17/h3-4,7,9-11,18,22H,5-6,8H2,1-2H3/t11-,15-,25?/m1/s1. The molecule has 1 aromatic carbocycles. The van der Waals surface area contributed by atoms with Crippen molar-refractivity contribution in [2.24, 2.45) is 0 Å². The number of nitrogens with one attached hydrogen (secondary N) is 1. The highest BCUT2D eigenvalue weighted by Gasteiger charge is 2.43. The number of halogens is 2. The first-order valence-corrected chi connectivity index (χ1v) is 9.24. The first-order chi connectivity index (χ1) is 11.7. The van der Waals surface area contributed by atoms with Crippen LogP contribution in [0.3, 0.4) is 0 Å². The second kappa shape index (κ2) is 7.54. The minimum atomic E-state index is -3.36. The zero-order valence-corrected chi connectivity index (χ0v) is 14.7. The maximum absolute atomic E-state index is 14.4. The quantitative estimate of drug-likeness (QED) is 0.730. The molecule has 25 heavy (non-hydrogen) atoms. The van der Waals surface area contributed by atoms with Gasteiger partial charge in [0.15, 0.2) is 0 Å². The van der Waals surface area contributed by atoms with E-state index in [-0.39, 0.29) is 24.5 Å². The number of rotatable bonds is 8. The van der Waals surface area contributed by atoms with Gasteiger partial charge in [-0.3, -0.25) is 4.78 Å². The van der Waals surface area contributed by atoms with Crippen molar-refractivity contribution < 1.29 is 22.8 Å². The molecule has 0 aliphatic rings. The van der Waals surface area contributed by atoms with Gasteiger partial charge in [-0.1, -0.05) is 6.07 Å². The third-order valence-electron chi connectivity index (χ3n) is 4.10. The van der Waals surface area contributed by atoms with Gasteiger partial charge in [-0.2, -0.15) is 5.10 Å². The zero-order chi connectivity index (χ0) is 18.7. The molecular weight excluding hydrogens is 354 g/mol. The van der Waals surface area contributed by atoms with Gasteiger partial charge in [0.2, 0.25) is 0 Å². The van der Waals surface area contributed by atoms with Gasteiger partial charge in [0.1, 0.15) is 29.9 Å². The van der Waals surface area contributed by atoms with Gasteiger partial charge in [-0.25, -0.2) is 22.7 Å². The second-order valence-electron chi connectivity index (χ2n) is 5.71. The predicted octanol–water partition coefficient (Wildman–Crippen LogP) is 1.53. The second-order valence-corrected chi connectivity index (χ2v) is 8.27. The van der Waals surface area contributed by atoms with Crippen molar-refractivity contribution in [3.63, 3.8) is 0 Å². The van der Waals surface area contributed by atoms with E-state index >= 15 is 0 Å². The molecule has 0 spiro atoms.